The summed E-state index contributed by atoms with van der Waals surface area (Å²) in [5.74, 6) is -3.04. The van der Waals surface area contributed by atoms with Gasteiger partial charge in [0.1, 0.15) is 0 Å². The lowest BCUT2D eigenvalue weighted by molar-refractivity contribution is -0.146. The number of hydrogen-bond donors (Lipinski definition) is 3. The quantitative estimate of drug-likeness (QED) is 0.284. The maximum absolute atomic E-state index is 14.0. The van der Waals surface area contributed by atoms with E-state index in [4.69, 9.17) is 5.11 Å². The van der Waals surface area contributed by atoms with Gasteiger partial charge in [-0.1, -0.05) is 12.1 Å². The first kappa shape index (κ1) is 28.5. The van der Waals surface area contributed by atoms with Gasteiger partial charge in [-0.25, -0.2) is 17.7 Å². The number of carbonyl (C=O) groups excluding carboxylic acids is 1. The molecule has 1 unspecified atom stereocenters. The molecule has 1 aliphatic rings. The van der Waals surface area contributed by atoms with Crippen molar-refractivity contribution in [3.8, 4) is 0 Å². The van der Waals surface area contributed by atoms with Crippen LogP contribution in [0, 0.1) is 5.92 Å². The van der Waals surface area contributed by atoms with E-state index in [0.29, 0.717) is 29.3 Å². The van der Waals surface area contributed by atoms with Gasteiger partial charge in [0.05, 0.1) is 29.3 Å². The Labute approximate surface area is 232 Å². The molecule has 0 spiro atoms. The number of fused-ring (bicyclic) bond motifs is 2. The first-order chi connectivity index (χ1) is 19.4. The number of sulfonamides is 1. The highest BCUT2D eigenvalue weighted by Gasteiger charge is 2.38. The van der Waals surface area contributed by atoms with Crippen LogP contribution in [-0.4, -0.2) is 74.3 Å². The third-order valence-electron chi connectivity index (χ3n) is 7.45. The maximum atomic E-state index is 14.0. The maximum Gasteiger partial charge on any atom is 0.449 e. The van der Waals surface area contributed by atoms with Crippen molar-refractivity contribution < 1.29 is 36.3 Å². The number of carbonyl (C=O) groups is 2. The monoisotopic (exact) mass is 592 g/mol. The second kappa shape index (κ2) is 10.8. The van der Waals surface area contributed by atoms with Crippen LogP contribution in [0.1, 0.15) is 41.5 Å². The second-order valence-corrected chi connectivity index (χ2v) is 12.3. The molecule has 1 atom stereocenters. The summed E-state index contributed by atoms with van der Waals surface area (Å²) in [6.07, 6.45) is -2.32. The number of benzene rings is 2. The number of nitrogens with one attached hydrogen (secondary N) is 2. The van der Waals surface area contributed by atoms with Crippen molar-refractivity contribution in [2.45, 2.75) is 37.7 Å². The van der Waals surface area contributed by atoms with Gasteiger partial charge in [0.2, 0.25) is 15.8 Å². The van der Waals surface area contributed by atoms with Gasteiger partial charge in [-0.2, -0.15) is 18.3 Å². The van der Waals surface area contributed by atoms with Crippen molar-refractivity contribution in [1.82, 2.24) is 29.4 Å². The molecule has 0 radical (unpaired) electrons. The summed E-state index contributed by atoms with van der Waals surface area (Å²) in [6, 6.07) is 9.42. The molecule has 0 aliphatic carbocycles. The first-order valence-corrected chi connectivity index (χ1v) is 14.3. The summed E-state index contributed by atoms with van der Waals surface area (Å²) in [5, 5.41) is 17.7. The molecule has 5 rings (SSSR count). The molecular formula is C26H27F3N6O5S. The number of halogens is 3. The molecule has 15 heteroatoms. The summed E-state index contributed by atoms with van der Waals surface area (Å²) in [5.41, 5.74) is 1.71. The van der Waals surface area contributed by atoms with E-state index >= 15 is 0 Å². The number of nitrogens with zero attached hydrogens (tertiary/aromatic N) is 4. The average Bonchev–Trinajstić information content (AvgIpc) is 3.56. The Morgan fingerprint density at radius 1 is 1.20 bits per heavy atom. The minimum absolute atomic E-state index is 0.0235. The first-order valence-electron chi connectivity index (χ1n) is 12.8. The highest BCUT2D eigenvalue weighted by molar-refractivity contribution is 7.90. The van der Waals surface area contributed by atoms with Crippen molar-refractivity contribution in [3.63, 3.8) is 0 Å². The Balaban J connectivity index is 1.29. The number of alkyl halides is 3. The standard InChI is InChI=1S/C26H27F3N6O5S/c1-15(24(37)38)41(39,40)34-9-7-16(8-10-34)12-30-23(36)17-5-6-22-21(11-17)32-25(26(27,28)29)35(22)14-18-3-2-4-20-19(18)13-31-33-20/h2-6,11,13,15-16H,7-10,12,14H2,1H3,(H,30,36)(H,31,33)(H,37,38). The summed E-state index contributed by atoms with van der Waals surface area (Å²) < 4.78 is 69.0. The summed E-state index contributed by atoms with van der Waals surface area (Å²) >= 11 is 0. The second-order valence-electron chi connectivity index (χ2n) is 10.0. The summed E-state index contributed by atoms with van der Waals surface area (Å²) in [4.78, 5) is 27.8. The van der Waals surface area contributed by atoms with E-state index in [9.17, 15) is 31.2 Å². The Kier molecular flexibility index (Phi) is 7.50. The zero-order chi connectivity index (χ0) is 29.5. The molecule has 2 aromatic heterocycles. The van der Waals surface area contributed by atoms with E-state index in [1.54, 1.807) is 24.4 Å². The molecule has 0 saturated carbocycles. The van der Waals surface area contributed by atoms with E-state index in [2.05, 4.69) is 20.5 Å². The van der Waals surface area contributed by atoms with Crippen molar-refractivity contribution in [2.75, 3.05) is 19.6 Å². The Morgan fingerprint density at radius 2 is 1.93 bits per heavy atom. The van der Waals surface area contributed by atoms with E-state index in [1.165, 1.54) is 18.2 Å². The third-order valence-corrected chi connectivity index (χ3v) is 9.63. The number of imidazole rings is 1. The molecule has 2 aromatic carbocycles. The predicted molar refractivity (Wildman–Crippen MR) is 143 cm³/mol. The fourth-order valence-electron chi connectivity index (χ4n) is 5.04. The van der Waals surface area contributed by atoms with Crippen molar-refractivity contribution in [1.29, 1.82) is 0 Å². The Morgan fingerprint density at radius 3 is 2.61 bits per heavy atom. The van der Waals surface area contributed by atoms with Crippen molar-refractivity contribution >= 4 is 43.8 Å². The lowest BCUT2D eigenvalue weighted by atomic mass is 9.98. The molecule has 218 valence electrons. The van der Waals surface area contributed by atoms with Gasteiger partial charge < -0.3 is 15.0 Å². The number of hydrogen-bond acceptors (Lipinski definition) is 6. The number of piperidine rings is 1. The van der Waals surface area contributed by atoms with Crippen LogP contribution in [0.25, 0.3) is 21.9 Å². The van der Waals surface area contributed by atoms with Crippen LogP contribution < -0.4 is 5.32 Å². The minimum atomic E-state index is -4.73. The fraction of sp³-hybridized carbons (Fsp3) is 0.385. The number of aliphatic carboxylic acids is 1. The van der Waals surface area contributed by atoms with Crippen LogP contribution >= 0.6 is 0 Å². The molecule has 3 heterocycles. The van der Waals surface area contributed by atoms with Crippen molar-refractivity contribution in [2.24, 2.45) is 5.92 Å². The average molecular weight is 593 g/mol. The van der Waals surface area contributed by atoms with Gasteiger partial charge in [0.15, 0.2) is 5.25 Å². The molecule has 1 amide bonds. The van der Waals surface area contributed by atoms with Gasteiger partial charge in [-0.15, -0.1) is 0 Å². The van der Waals surface area contributed by atoms with Crippen LogP contribution in [0.3, 0.4) is 0 Å². The van der Waals surface area contributed by atoms with Gasteiger partial charge in [-0.05, 0) is 55.5 Å². The van der Waals surface area contributed by atoms with Gasteiger partial charge in [0.25, 0.3) is 5.91 Å². The number of aromatic amines is 1. The molecule has 3 N–H and O–H groups in total. The van der Waals surface area contributed by atoms with Gasteiger partial charge >= 0.3 is 12.1 Å². The normalized spacial score (nSPS) is 16.3. The smallest absolute Gasteiger partial charge is 0.449 e. The molecular weight excluding hydrogens is 565 g/mol. The molecule has 1 aliphatic heterocycles. The van der Waals surface area contributed by atoms with E-state index in [-0.39, 0.29) is 48.7 Å². The predicted octanol–water partition coefficient (Wildman–Crippen LogP) is 3.22. The topological polar surface area (TPSA) is 150 Å². The number of H-pyrrole nitrogens is 1. The Bertz CT molecular complexity index is 1720. The third kappa shape index (κ3) is 5.63. The lowest BCUT2D eigenvalue weighted by Crippen LogP contribution is -2.46. The summed E-state index contributed by atoms with van der Waals surface area (Å²) in [7, 11) is -3.97. The summed E-state index contributed by atoms with van der Waals surface area (Å²) in [6.45, 7) is 1.53. The zero-order valence-corrected chi connectivity index (χ0v) is 22.7. The molecule has 1 fully saturated rings. The van der Waals surface area contributed by atoms with E-state index in [0.717, 1.165) is 15.8 Å². The number of carboxylic acid groups (broad SMARTS) is 1. The fourth-order valence-corrected chi connectivity index (χ4v) is 6.46. The van der Waals surface area contributed by atoms with Gasteiger partial charge in [-0.3, -0.25) is 14.7 Å². The molecule has 4 aromatic rings. The minimum Gasteiger partial charge on any atom is -0.480 e. The molecule has 0 bridgehead atoms. The molecule has 1 saturated heterocycles. The van der Waals surface area contributed by atoms with Crippen LogP contribution in [0.15, 0.2) is 42.6 Å². The van der Waals surface area contributed by atoms with Gasteiger partial charge in [0, 0.05) is 30.6 Å². The molecule has 41 heavy (non-hydrogen) atoms. The Hall–Kier alpha value is -3.98. The number of amides is 1. The van der Waals surface area contributed by atoms with Crippen LogP contribution in [0.5, 0.6) is 0 Å². The van der Waals surface area contributed by atoms with Crippen LogP contribution in [0.4, 0.5) is 13.2 Å². The largest absolute Gasteiger partial charge is 0.480 e. The zero-order valence-electron chi connectivity index (χ0n) is 21.8. The van der Waals surface area contributed by atoms with Crippen LogP contribution in [0.2, 0.25) is 0 Å². The number of rotatable bonds is 8. The van der Waals surface area contributed by atoms with E-state index in [1.807, 2.05) is 0 Å². The highest BCUT2D eigenvalue weighted by Crippen LogP contribution is 2.33. The number of carboxylic acids is 1. The highest BCUT2D eigenvalue weighted by atomic mass is 32.2. The van der Waals surface area contributed by atoms with Crippen LogP contribution in [-0.2, 0) is 27.5 Å². The number of aromatic nitrogens is 4. The SMILES string of the molecule is CC(C(=O)O)S(=O)(=O)N1CCC(CNC(=O)c2ccc3c(c2)nc(C(F)(F)F)n3Cc2cccc3[nH]ncc23)CC1. The van der Waals surface area contributed by atoms with E-state index < -0.39 is 39.2 Å². The lowest BCUT2D eigenvalue weighted by Gasteiger charge is -2.32. The molecule has 11 nitrogen and oxygen atoms in total. The van der Waals surface area contributed by atoms with Crippen molar-refractivity contribution in [3.05, 3.63) is 59.5 Å².